The monoisotopic (exact) mass is 391 g/mol. The van der Waals surface area contributed by atoms with E-state index < -0.39 is 12.5 Å². The molecule has 0 aliphatic carbocycles. The maximum Gasteiger partial charge on any atom is 0.387 e. The van der Waals surface area contributed by atoms with Crippen molar-refractivity contribution in [2.24, 2.45) is 0 Å². The lowest BCUT2D eigenvalue weighted by Gasteiger charge is -2.11. The summed E-state index contributed by atoms with van der Waals surface area (Å²) in [5.74, 6) is 0.844. The van der Waals surface area contributed by atoms with E-state index in [1.807, 2.05) is 0 Å². The first-order chi connectivity index (χ1) is 13.5. The Hall–Kier alpha value is -3.29. The van der Waals surface area contributed by atoms with Crippen molar-refractivity contribution in [3.05, 3.63) is 48.0 Å². The van der Waals surface area contributed by atoms with Crippen LogP contribution in [-0.2, 0) is 4.79 Å². The highest BCUT2D eigenvalue weighted by molar-refractivity contribution is 6.02. The van der Waals surface area contributed by atoms with E-state index in [1.54, 1.807) is 24.3 Å². The number of carbonyl (C=O) groups excluding carboxylic acids is 1. The zero-order chi connectivity index (χ0) is 19.9. The maximum absolute atomic E-state index is 12.5. The van der Waals surface area contributed by atoms with Gasteiger partial charge in [0.15, 0.2) is 23.0 Å². The Kier molecular flexibility index (Phi) is 6.31. The Labute approximate surface area is 160 Å². The van der Waals surface area contributed by atoms with Crippen LogP contribution in [0, 0.1) is 0 Å². The predicted octanol–water partition coefficient (Wildman–Crippen LogP) is 4.11. The highest BCUT2D eigenvalue weighted by Gasteiger charge is 2.12. The number of fused-ring (bicyclic) bond motifs is 1. The lowest BCUT2D eigenvalue weighted by Crippen LogP contribution is -2.09. The molecule has 8 heteroatoms. The number of nitrogens with one attached hydrogen (secondary N) is 1. The van der Waals surface area contributed by atoms with Crippen molar-refractivity contribution in [1.29, 1.82) is 0 Å². The molecule has 0 atom stereocenters. The van der Waals surface area contributed by atoms with Crippen LogP contribution in [0.15, 0.2) is 42.5 Å². The molecule has 3 rings (SSSR count). The number of rotatable bonds is 6. The highest BCUT2D eigenvalue weighted by atomic mass is 19.3. The molecule has 1 amide bonds. The topological polar surface area (TPSA) is 66.0 Å². The molecule has 28 heavy (non-hydrogen) atoms. The van der Waals surface area contributed by atoms with Crippen LogP contribution in [0.4, 0.5) is 14.5 Å². The molecule has 148 valence electrons. The summed E-state index contributed by atoms with van der Waals surface area (Å²) in [5.41, 5.74) is 1.06. The van der Waals surface area contributed by atoms with E-state index >= 15 is 0 Å². The van der Waals surface area contributed by atoms with E-state index in [2.05, 4.69) is 10.1 Å². The van der Waals surface area contributed by atoms with Crippen LogP contribution in [0.1, 0.15) is 12.0 Å². The molecule has 6 nitrogen and oxygen atoms in total. The minimum atomic E-state index is -3.00. The number of halogens is 2. The van der Waals surface area contributed by atoms with Gasteiger partial charge in [0.05, 0.1) is 20.3 Å². The van der Waals surface area contributed by atoms with E-state index in [1.165, 1.54) is 31.4 Å². The van der Waals surface area contributed by atoms with Gasteiger partial charge in [-0.3, -0.25) is 4.79 Å². The summed E-state index contributed by atoms with van der Waals surface area (Å²) in [6, 6.07) is 9.60. The molecule has 0 spiro atoms. The maximum atomic E-state index is 12.5. The SMILES string of the molecule is COc1ccc(NC(=O)C=Cc2ccc3c(c2)OCCCO3)cc1OC(F)F. The normalized spacial score (nSPS) is 13.3. The number of anilines is 1. The molecule has 0 saturated heterocycles. The third-order valence-electron chi connectivity index (χ3n) is 3.85. The fourth-order valence-corrected chi connectivity index (χ4v) is 2.58. The number of alkyl halides is 2. The van der Waals surface area contributed by atoms with Crippen molar-refractivity contribution >= 4 is 17.7 Å². The predicted molar refractivity (Wildman–Crippen MR) is 99.3 cm³/mol. The Morgan fingerprint density at radius 3 is 2.64 bits per heavy atom. The van der Waals surface area contributed by atoms with Gasteiger partial charge >= 0.3 is 6.61 Å². The molecular formula is C20H19F2NO5. The number of hydrogen-bond acceptors (Lipinski definition) is 5. The second-order valence-corrected chi connectivity index (χ2v) is 5.82. The van der Waals surface area contributed by atoms with Crippen LogP contribution in [0.5, 0.6) is 23.0 Å². The quantitative estimate of drug-likeness (QED) is 0.751. The lowest BCUT2D eigenvalue weighted by atomic mass is 10.2. The summed E-state index contributed by atoms with van der Waals surface area (Å²) < 4.78 is 45.5. The van der Waals surface area contributed by atoms with Crippen LogP contribution in [0.3, 0.4) is 0 Å². The smallest absolute Gasteiger partial charge is 0.387 e. The molecule has 2 aromatic rings. The number of ether oxygens (including phenoxy) is 4. The Morgan fingerprint density at radius 2 is 1.89 bits per heavy atom. The summed E-state index contributed by atoms with van der Waals surface area (Å²) in [7, 11) is 1.34. The van der Waals surface area contributed by atoms with Crippen LogP contribution in [0.2, 0.25) is 0 Å². The molecule has 0 saturated carbocycles. The average molecular weight is 391 g/mol. The largest absolute Gasteiger partial charge is 0.493 e. The third kappa shape index (κ3) is 5.12. The summed E-state index contributed by atoms with van der Waals surface area (Å²) in [4.78, 5) is 12.1. The lowest BCUT2D eigenvalue weighted by molar-refractivity contribution is -0.111. The molecule has 1 aliphatic heterocycles. The van der Waals surface area contributed by atoms with E-state index in [-0.39, 0.29) is 11.5 Å². The first-order valence-electron chi connectivity index (χ1n) is 8.57. The van der Waals surface area contributed by atoms with Crippen LogP contribution in [-0.4, -0.2) is 32.8 Å². The van der Waals surface area contributed by atoms with Crippen molar-refractivity contribution < 1.29 is 32.5 Å². The van der Waals surface area contributed by atoms with Gasteiger partial charge in [0.25, 0.3) is 0 Å². The van der Waals surface area contributed by atoms with Crippen molar-refractivity contribution in [1.82, 2.24) is 0 Å². The first-order valence-corrected chi connectivity index (χ1v) is 8.57. The van der Waals surface area contributed by atoms with Crippen LogP contribution < -0.4 is 24.3 Å². The second-order valence-electron chi connectivity index (χ2n) is 5.82. The van der Waals surface area contributed by atoms with Crippen molar-refractivity contribution in [2.45, 2.75) is 13.0 Å². The summed E-state index contributed by atoms with van der Waals surface area (Å²) in [6.07, 6.45) is 3.75. The molecule has 1 N–H and O–H groups in total. The summed E-state index contributed by atoms with van der Waals surface area (Å²) >= 11 is 0. The highest BCUT2D eigenvalue weighted by Crippen LogP contribution is 2.32. The standard InChI is InChI=1S/C20H19F2NO5/c1-25-15-7-5-14(12-18(15)28-20(21)22)23-19(24)8-4-13-3-6-16-17(11-13)27-10-2-9-26-16/h3-8,11-12,20H,2,9-10H2,1H3,(H,23,24). The van der Waals surface area contributed by atoms with Gasteiger partial charge in [-0.05, 0) is 35.9 Å². The van der Waals surface area contributed by atoms with E-state index in [9.17, 15) is 13.6 Å². The van der Waals surface area contributed by atoms with Gasteiger partial charge in [-0.1, -0.05) is 6.07 Å². The minimum Gasteiger partial charge on any atom is -0.493 e. The Morgan fingerprint density at radius 1 is 1.11 bits per heavy atom. The fourth-order valence-electron chi connectivity index (χ4n) is 2.58. The van der Waals surface area contributed by atoms with Gasteiger partial charge in [-0.25, -0.2) is 0 Å². The van der Waals surface area contributed by atoms with Gasteiger partial charge in [0.2, 0.25) is 5.91 Å². The minimum absolute atomic E-state index is 0.140. The fraction of sp³-hybridized carbons (Fsp3) is 0.250. The molecule has 0 unspecified atom stereocenters. The zero-order valence-corrected chi connectivity index (χ0v) is 15.1. The molecule has 0 fully saturated rings. The Bertz CT molecular complexity index is 870. The number of amides is 1. The molecule has 0 radical (unpaired) electrons. The number of hydrogen-bond donors (Lipinski definition) is 1. The van der Waals surface area contributed by atoms with Gasteiger partial charge in [0.1, 0.15) is 0 Å². The molecule has 0 aromatic heterocycles. The van der Waals surface area contributed by atoms with Crippen molar-refractivity contribution in [2.75, 3.05) is 25.6 Å². The second kappa shape index (κ2) is 9.07. The van der Waals surface area contributed by atoms with Crippen LogP contribution >= 0.6 is 0 Å². The summed E-state index contributed by atoms with van der Waals surface area (Å²) in [5, 5.41) is 2.59. The van der Waals surface area contributed by atoms with Crippen molar-refractivity contribution in [3.63, 3.8) is 0 Å². The van der Waals surface area contributed by atoms with Gasteiger partial charge < -0.3 is 24.3 Å². The first kappa shape index (κ1) is 19.5. The van der Waals surface area contributed by atoms with Gasteiger partial charge in [0, 0.05) is 24.3 Å². The zero-order valence-electron chi connectivity index (χ0n) is 15.1. The molecule has 2 aromatic carbocycles. The van der Waals surface area contributed by atoms with Gasteiger partial charge in [-0.2, -0.15) is 8.78 Å². The van der Waals surface area contributed by atoms with E-state index in [0.717, 1.165) is 12.0 Å². The number of benzene rings is 2. The number of methoxy groups -OCH3 is 1. The molecule has 1 aliphatic rings. The molecule has 1 heterocycles. The summed E-state index contributed by atoms with van der Waals surface area (Å²) in [6.45, 7) is -1.83. The van der Waals surface area contributed by atoms with Gasteiger partial charge in [-0.15, -0.1) is 0 Å². The van der Waals surface area contributed by atoms with E-state index in [4.69, 9.17) is 14.2 Å². The molecule has 0 bridgehead atoms. The number of carbonyl (C=O) groups is 1. The average Bonchev–Trinajstić information content (AvgIpc) is 2.91. The van der Waals surface area contributed by atoms with Crippen LogP contribution in [0.25, 0.3) is 6.08 Å². The van der Waals surface area contributed by atoms with Crippen molar-refractivity contribution in [3.8, 4) is 23.0 Å². The third-order valence-corrected chi connectivity index (χ3v) is 3.85. The Balaban J connectivity index is 1.67. The van der Waals surface area contributed by atoms with E-state index in [0.29, 0.717) is 30.4 Å². The molecular weight excluding hydrogens is 372 g/mol.